The predicted octanol–water partition coefficient (Wildman–Crippen LogP) is 4.24. The number of hydrazone groups is 1. The Morgan fingerprint density at radius 1 is 1.15 bits per heavy atom. The van der Waals surface area contributed by atoms with E-state index in [0.717, 1.165) is 16.8 Å². The van der Waals surface area contributed by atoms with E-state index in [0.29, 0.717) is 29.2 Å². The lowest BCUT2D eigenvalue weighted by molar-refractivity contribution is -0.114. The minimum absolute atomic E-state index is 0.154. The highest BCUT2D eigenvalue weighted by atomic mass is 16.5. The molecule has 0 radical (unpaired) electrons. The second-order valence-electron chi connectivity index (χ2n) is 6.10. The van der Waals surface area contributed by atoms with Crippen LogP contribution in [0, 0.1) is 0 Å². The summed E-state index contributed by atoms with van der Waals surface area (Å²) in [4.78, 5) is 12.9. The van der Waals surface area contributed by atoms with Gasteiger partial charge in [0.15, 0.2) is 11.5 Å². The first-order chi connectivity index (χ1) is 13.1. The maximum absolute atomic E-state index is 12.9. The number of amides is 1. The number of allylic oxidation sites excluding steroid dienone is 1. The summed E-state index contributed by atoms with van der Waals surface area (Å²) in [5.41, 5.74) is 3.75. The number of carbonyl (C=O) groups is 1. The van der Waals surface area contributed by atoms with Gasteiger partial charge in [0, 0.05) is 5.56 Å². The fourth-order valence-corrected chi connectivity index (χ4v) is 3.05. The number of nitrogens with zero attached hydrogens (tertiary/aromatic N) is 2. The van der Waals surface area contributed by atoms with Gasteiger partial charge >= 0.3 is 0 Å². The van der Waals surface area contributed by atoms with Crippen LogP contribution in [0.25, 0.3) is 6.08 Å². The Balaban J connectivity index is 2.01. The topological polar surface area (TPSA) is 51.1 Å². The van der Waals surface area contributed by atoms with Crippen molar-refractivity contribution in [1.82, 2.24) is 0 Å². The van der Waals surface area contributed by atoms with Gasteiger partial charge in [-0.2, -0.15) is 10.1 Å². The van der Waals surface area contributed by atoms with E-state index in [2.05, 4.69) is 11.7 Å². The molecule has 2 aromatic rings. The standard InChI is InChI=1S/C22H22N2O3/c1-5-9-17-12-16(14-20(26-3)21(17)27-4)13-19-15(2)23-24(22(19)25)18-10-7-6-8-11-18/h5-8,10-14H,1,9H2,2-4H3/b19-13+. The van der Waals surface area contributed by atoms with Crippen molar-refractivity contribution in [1.29, 1.82) is 0 Å². The average molecular weight is 362 g/mol. The molecular weight excluding hydrogens is 340 g/mol. The Morgan fingerprint density at radius 2 is 1.89 bits per heavy atom. The summed E-state index contributed by atoms with van der Waals surface area (Å²) in [5, 5.41) is 5.84. The summed E-state index contributed by atoms with van der Waals surface area (Å²) in [6, 6.07) is 13.2. The molecular formula is C22H22N2O3. The molecule has 0 aromatic heterocycles. The zero-order chi connectivity index (χ0) is 19.4. The summed E-state index contributed by atoms with van der Waals surface area (Å²) in [6.07, 6.45) is 4.27. The average Bonchev–Trinajstić information content (AvgIpc) is 2.96. The third-order valence-electron chi connectivity index (χ3n) is 4.32. The largest absolute Gasteiger partial charge is 0.493 e. The SMILES string of the molecule is C=CCc1cc(/C=C2/C(=O)N(c3ccccc3)N=C2C)cc(OC)c1OC. The number of carbonyl (C=O) groups excluding carboxylic acids is 1. The summed E-state index contributed by atoms with van der Waals surface area (Å²) >= 11 is 0. The van der Waals surface area contributed by atoms with Gasteiger partial charge in [-0.25, -0.2) is 0 Å². The first kappa shape index (κ1) is 18.5. The molecule has 3 rings (SSSR count). The number of ether oxygens (including phenoxy) is 2. The molecule has 2 aromatic carbocycles. The molecule has 0 unspecified atom stereocenters. The highest BCUT2D eigenvalue weighted by molar-refractivity contribution is 6.32. The highest BCUT2D eigenvalue weighted by Crippen LogP contribution is 2.34. The lowest BCUT2D eigenvalue weighted by atomic mass is 10.0. The van der Waals surface area contributed by atoms with Gasteiger partial charge in [0.1, 0.15) is 0 Å². The van der Waals surface area contributed by atoms with Crippen LogP contribution in [0.15, 0.2) is 65.8 Å². The van der Waals surface area contributed by atoms with Crippen molar-refractivity contribution in [2.45, 2.75) is 13.3 Å². The molecule has 27 heavy (non-hydrogen) atoms. The molecule has 138 valence electrons. The van der Waals surface area contributed by atoms with Crippen LogP contribution in [-0.4, -0.2) is 25.8 Å². The fraction of sp³-hybridized carbons (Fsp3) is 0.182. The molecule has 5 nitrogen and oxygen atoms in total. The molecule has 0 atom stereocenters. The van der Waals surface area contributed by atoms with E-state index in [1.165, 1.54) is 5.01 Å². The molecule has 1 aliphatic rings. The summed E-state index contributed by atoms with van der Waals surface area (Å²) in [7, 11) is 3.20. The second-order valence-corrected chi connectivity index (χ2v) is 6.10. The van der Waals surface area contributed by atoms with E-state index in [1.54, 1.807) is 20.3 Å². The van der Waals surface area contributed by atoms with Gasteiger partial charge in [-0.15, -0.1) is 6.58 Å². The number of anilines is 1. The number of benzene rings is 2. The minimum atomic E-state index is -0.154. The van der Waals surface area contributed by atoms with Crippen LogP contribution in [0.4, 0.5) is 5.69 Å². The van der Waals surface area contributed by atoms with Crippen LogP contribution in [0.5, 0.6) is 11.5 Å². The van der Waals surface area contributed by atoms with E-state index in [4.69, 9.17) is 9.47 Å². The van der Waals surface area contributed by atoms with Gasteiger partial charge in [0.05, 0.1) is 31.2 Å². The third kappa shape index (κ3) is 3.62. The molecule has 0 saturated heterocycles. The highest BCUT2D eigenvalue weighted by Gasteiger charge is 2.28. The minimum Gasteiger partial charge on any atom is -0.493 e. The number of rotatable bonds is 6. The van der Waals surface area contributed by atoms with Crippen molar-refractivity contribution in [3.63, 3.8) is 0 Å². The first-order valence-electron chi connectivity index (χ1n) is 8.61. The molecule has 0 N–H and O–H groups in total. The maximum atomic E-state index is 12.9. The lowest BCUT2D eigenvalue weighted by Gasteiger charge is -2.14. The smallest absolute Gasteiger partial charge is 0.280 e. The van der Waals surface area contributed by atoms with Gasteiger partial charge in [-0.05, 0) is 49.2 Å². The Morgan fingerprint density at radius 3 is 2.52 bits per heavy atom. The van der Waals surface area contributed by atoms with Crippen LogP contribution in [0.2, 0.25) is 0 Å². The van der Waals surface area contributed by atoms with E-state index >= 15 is 0 Å². The van der Waals surface area contributed by atoms with Crippen LogP contribution in [0.3, 0.4) is 0 Å². The van der Waals surface area contributed by atoms with Crippen molar-refractivity contribution in [2.75, 3.05) is 19.2 Å². The van der Waals surface area contributed by atoms with Gasteiger partial charge in [-0.3, -0.25) is 4.79 Å². The van der Waals surface area contributed by atoms with Crippen molar-refractivity contribution in [3.05, 3.63) is 71.8 Å². The van der Waals surface area contributed by atoms with Gasteiger partial charge in [-0.1, -0.05) is 24.3 Å². The molecule has 1 aliphatic heterocycles. The predicted molar refractivity (Wildman–Crippen MR) is 108 cm³/mol. The first-order valence-corrected chi connectivity index (χ1v) is 8.61. The molecule has 0 fully saturated rings. The molecule has 0 saturated carbocycles. The summed E-state index contributed by atoms with van der Waals surface area (Å²) in [5.74, 6) is 1.14. The number of para-hydroxylation sites is 1. The molecule has 0 bridgehead atoms. The Hall–Kier alpha value is -3.34. The molecule has 5 heteroatoms. The summed E-state index contributed by atoms with van der Waals surface area (Å²) in [6.45, 7) is 5.63. The molecule has 0 aliphatic carbocycles. The van der Waals surface area contributed by atoms with Crippen LogP contribution < -0.4 is 14.5 Å². The number of hydrogen-bond donors (Lipinski definition) is 0. The quantitative estimate of drug-likeness (QED) is 0.570. The van der Waals surface area contributed by atoms with Crippen LogP contribution in [0.1, 0.15) is 18.1 Å². The number of methoxy groups -OCH3 is 2. The van der Waals surface area contributed by atoms with E-state index in [9.17, 15) is 4.79 Å². The van der Waals surface area contributed by atoms with Crippen LogP contribution in [-0.2, 0) is 11.2 Å². The molecule has 1 amide bonds. The zero-order valence-electron chi connectivity index (χ0n) is 15.7. The van der Waals surface area contributed by atoms with Gasteiger partial charge in [0.25, 0.3) is 5.91 Å². The molecule has 0 spiro atoms. The van der Waals surface area contributed by atoms with Gasteiger partial charge in [0.2, 0.25) is 0 Å². The zero-order valence-corrected chi connectivity index (χ0v) is 15.7. The van der Waals surface area contributed by atoms with E-state index in [-0.39, 0.29) is 5.91 Å². The lowest BCUT2D eigenvalue weighted by Crippen LogP contribution is -2.21. The van der Waals surface area contributed by atoms with Crippen molar-refractivity contribution < 1.29 is 14.3 Å². The van der Waals surface area contributed by atoms with Gasteiger partial charge < -0.3 is 9.47 Å². The van der Waals surface area contributed by atoms with Crippen molar-refractivity contribution >= 4 is 23.4 Å². The maximum Gasteiger partial charge on any atom is 0.280 e. The number of hydrogen-bond acceptors (Lipinski definition) is 4. The summed E-state index contributed by atoms with van der Waals surface area (Å²) < 4.78 is 10.9. The van der Waals surface area contributed by atoms with E-state index in [1.807, 2.05) is 55.5 Å². The Kier molecular flexibility index (Phi) is 5.41. The third-order valence-corrected chi connectivity index (χ3v) is 4.32. The molecule has 1 heterocycles. The van der Waals surface area contributed by atoms with Crippen LogP contribution >= 0.6 is 0 Å². The normalized spacial score (nSPS) is 15.1. The second kappa shape index (κ2) is 7.91. The van der Waals surface area contributed by atoms with Crippen molar-refractivity contribution in [2.24, 2.45) is 5.10 Å². The Labute approximate surface area is 159 Å². The monoisotopic (exact) mass is 362 g/mol. The van der Waals surface area contributed by atoms with Crippen molar-refractivity contribution in [3.8, 4) is 11.5 Å². The fourth-order valence-electron chi connectivity index (χ4n) is 3.05. The van der Waals surface area contributed by atoms with E-state index < -0.39 is 0 Å². The Bertz CT molecular complexity index is 930.